The smallest absolute Gasteiger partial charge is 0.153 e. The third-order valence-corrected chi connectivity index (χ3v) is 2.20. The molecule has 0 aliphatic rings. The fraction of sp³-hybridized carbons (Fsp3) is 0.0714. The first-order chi connectivity index (χ1) is 8.69. The van der Waals surface area contributed by atoms with Crippen molar-refractivity contribution in [1.82, 2.24) is 0 Å². The Morgan fingerprint density at radius 3 is 2.17 bits per heavy atom. The fourth-order valence-corrected chi connectivity index (χ4v) is 1.25. The molecule has 0 bridgehead atoms. The molecule has 0 fully saturated rings. The lowest BCUT2D eigenvalue weighted by Gasteiger charge is -2.00. The average Bonchev–Trinajstić information content (AvgIpc) is 2.41. The van der Waals surface area contributed by atoms with Gasteiger partial charge < -0.3 is 15.6 Å². The van der Waals surface area contributed by atoms with Gasteiger partial charge in [0.15, 0.2) is 6.29 Å². The molecule has 4 heteroatoms. The minimum Gasteiger partial charge on any atom is -0.507 e. The van der Waals surface area contributed by atoms with E-state index in [2.05, 4.69) is 0 Å². The van der Waals surface area contributed by atoms with Crippen LogP contribution in [-0.4, -0.2) is 18.5 Å². The number of hydrogen-bond donors (Lipinski definition) is 2. The van der Waals surface area contributed by atoms with Gasteiger partial charge in [-0.05, 0) is 24.3 Å². The number of aldehydes is 1. The number of hydrogen-bond acceptors (Lipinski definition) is 4. The number of aromatic hydroxyl groups is 1. The van der Waals surface area contributed by atoms with Gasteiger partial charge in [0.1, 0.15) is 11.5 Å². The number of carbonyl (C=O) groups is 1. The van der Waals surface area contributed by atoms with E-state index in [1.54, 1.807) is 31.4 Å². The zero-order valence-electron chi connectivity index (χ0n) is 10.0. The molecule has 0 unspecified atom stereocenters. The lowest BCUT2D eigenvalue weighted by molar-refractivity contribution is 0.112. The Kier molecular flexibility index (Phi) is 5.25. The number of carbonyl (C=O) groups excluding carboxylic acids is 1. The van der Waals surface area contributed by atoms with Crippen LogP contribution in [0.25, 0.3) is 0 Å². The van der Waals surface area contributed by atoms with Gasteiger partial charge >= 0.3 is 0 Å². The van der Waals surface area contributed by atoms with Gasteiger partial charge in [0, 0.05) is 0 Å². The van der Waals surface area contributed by atoms with Gasteiger partial charge in [-0.1, -0.05) is 24.3 Å². The molecule has 0 saturated carbocycles. The molecule has 4 nitrogen and oxygen atoms in total. The van der Waals surface area contributed by atoms with E-state index in [4.69, 9.17) is 15.6 Å². The summed E-state index contributed by atoms with van der Waals surface area (Å²) < 4.78 is 4.92. The molecule has 0 aromatic heterocycles. The molecule has 18 heavy (non-hydrogen) atoms. The summed E-state index contributed by atoms with van der Waals surface area (Å²) in [6, 6.07) is 13.8. The number of nitrogen functional groups attached to an aromatic ring is 1. The molecule has 0 saturated heterocycles. The highest BCUT2D eigenvalue weighted by Crippen LogP contribution is 2.18. The molecule has 0 atom stereocenters. The highest BCUT2D eigenvalue weighted by molar-refractivity contribution is 5.78. The van der Waals surface area contributed by atoms with Crippen LogP contribution in [-0.2, 0) is 0 Å². The van der Waals surface area contributed by atoms with Crippen LogP contribution in [0.2, 0.25) is 0 Å². The van der Waals surface area contributed by atoms with Crippen LogP contribution in [0.3, 0.4) is 0 Å². The maximum absolute atomic E-state index is 10.1. The van der Waals surface area contributed by atoms with Crippen LogP contribution in [0.15, 0.2) is 48.5 Å². The van der Waals surface area contributed by atoms with Crippen molar-refractivity contribution in [3.63, 3.8) is 0 Å². The monoisotopic (exact) mass is 245 g/mol. The Hall–Kier alpha value is -2.49. The molecule has 2 aromatic carbocycles. The van der Waals surface area contributed by atoms with Crippen LogP contribution in [0, 0.1) is 0 Å². The van der Waals surface area contributed by atoms with Gasteiger partial charge in [0.05, 0.1) is 18.4 Å². The van der Waals surface area contributed by atoms with E-state index in [0.717, 1.165) is 5.75 Å². The first kappa shape index (κ1) is 13.6. The summed E-state index contributed by atoms with van der Waals surface area (Å²) >= 11 is 0. The quantitative estimate of drug-likeness (QED) is 0.629. The van der Waals surface area contributed by atoms with Crippen molar-refractivity contribution in [2.24, 2.45) is 0 Å². The van der Waals surface area contributed by atoms with Crippen molar-refractivity contribution in [3.8, 4) is 11.5 Å². The topological polar surface area (TPSA) is 72.5 Å². The Morgan fingerprint density at radius 2 is 1.72 bits per heavy atom. The van der Waals surface area contributed by atoms with E-state index in [1.165, 1.54) is 6.07 Å². The molecule has 0 heterocycles. The first-order valence-electron chi connectivity index (χ1n) is 5.30. The molecule has 2 rings (SSSR count). The maximum Gasteiger partial charge on any atom is 0.153 e. The van der Waals surface area contributed by atoms with Crippen LogP contribution >= 0.6 is 0 Å². The molecule has 0 aliphatic carbocycles. The summed E-state index contributed by atoms with van der Waals surface area (Å²) in [4.78, 5) is 10.1. The zero-order valence-corrected chi connectivity index (χ0v) is 10.0. The Bertz CT molecular complexity index is 512. The van der Waals surface area contributed by atoms with E-state index < -0.39 is 0 Å². The predicted octanol–water partition coefficient (Wildman–Crippen LogP) is 2.48. The van der Waals surface area contributed by atoms with E-state index in [9.17, 15) is 4.79 Å². The van der Waals surface area contributed by atoms with Gasteiger partial charge in [0.25, 0.3) is 0 Å². The molecule has 3 N–H and O–H groups in total. The van der Waals surface area contributed by atoms with E-state index in [0.29, 0.717) is 17.5 Å². The van der Waals surface area contributed by atoms with Crippen LogP contribution in [0.4, 0.5) is 5.69 Å². The highest BCUT2D eigenvalue weighted by Gasteiger charge is 1.93. The summed E-state index contributed by atoms with van der Waals surface area (Å²) in [6.45, 7) is 0. The highest BCUT2D eigenvalue weighted by atomic mass is 16.5. The summed E-state index contributed by atoms with van der Waals surface area (Å²) in [6.07, 6.45) is 0.620. The van der Waals surface area contributed by atoms with Gasteiger partial charge in [-0.3, -0.25) is 4.79 Å². The van der Waals surface area contributed by atoms with E-state index >= 15 is 0 Å². The number of methoxy groups -OCH3 is 1. The first-order valence-corrected chi connectivity index (χ1v) is 5.30. The number of para-hydroxylation sites is 3. The second kappa shape index (κ2) is 6.96. The second-order valence-corrected chi connectivity index (χ2v) is 3.42. The third-order valence-electron chi connectivity index (χ3n) is 2.20. The van der Waals surface area contributed by atoms with Crippen LogP contribution < -0.4 is 10.5 Å². The SMILES string of the molecule is COc1ccccc1N.O=Cc1ccccc1O. The summed E-state index contributed by atoms with van der Waals surface area (Å²) in [5, 5.41) is 8.88. The standard InChI is InChI=1S/C7H9NO.C7H6O2/c1-9-7-5-3-2-4-6(7)8;8-5-6-3-1-2-4-7(6)9/h2-5H,8H2,1H3;1-5,9H. The van der Waals surface area contributed by atoms with Crippen molar-refractivity contribution in [3.05, 3.63) is 54.1 Å². The number of benzene rings is 2. The van der Waals surface area contributed by atoms with Crippen molar-refractivity contribution in [1.29, 1.82) is 0 Å². The Labute approximate surface area is 106 Å². The molecule has 0 radical (unpaired) electrons. The molecule has 0 spiro atoms. The van der Waals surface area contributed by atoms with Crippen molar-refractivity contribution in [2.45, 2.75) is 0 Å². The average molecular weight is 245 g/mol. The van der Waals surface area contributed by atoms with Crippen molar-refractivity contribution >= 4 is 12.0 Å². The molecule has 0 aliphatic heterocycles. The van der Waals surface area contributed by atoms with Crippen LogP contribution in [0.5, 0.6) is 11.5 Å². The number of nitrogens with two attached hydrogens (primary N) is 1. The zero-order chi connectivity index (χ0) is 13.4. The number of anilines is 1. The third kappa shape index (κ3) is 3.83. The van der Waals surface area contributed by atoms with Gasteiger partial charge in [-0.15, -0.1) is 0 Å². The van der Waals surface area contributed by atoms with Gasteiger partial charge in [0.2, 0.25) is 0 Å². The minimum atomic E-state index is 0.0347. The van der Waals surface area contributed by atoms with Gasteiger partial charge in [-0.25, -0.2) is 0 Å². The normalized spacial score (nSPS) is 8.94. The van der Waals surface area contributed by atoms with Crippen LogP contribution in [0.1, 0.15) is 10.4 Å². The number of rotatable bonds is 2. The second-order valence-electron chi connectivity index (χ2n) is 3.42. The van der Waals surface area contributed by atoms with Crippen molar-refractivity contribution in [2.75, 3.05) is 12.8 Å². The summed E-state index contributed by atoms with van der Waals surface area (Å²) in [7, 11) is 1.60. The summed E-state index contributed by atoms with van der Waals surface area (Å²) in [5.74, 6) is 0.769. The largest absolute Gasteiger partial charge is 0.507 e. The molecular formula is C14H15NO3. The van der Waals surface area contributed by atoms with E-state index in [1.807, 2.05) is 18.2 Å². The number of phenolic OH excluding ortho intramolecular Hbond substituents is 1. The molecular weight excluding hydrogens is 230 g/mol. The number of phenols is 1. The molecule has 94 valence electrons. The Balaban J connectivity index is 0.000000180. The lowest BCUT2D eigenvalue weighted by atomic mass is 10.2. The predicted molar refractivity (Wildman–Crippen MR) is 70.9 cm³/mol. The Morgan fingerprint density at radius 1 is 1.11 bits per heavy atom. The number of ether oxygens (including phenoxy) is 1. The fourth-order valence-electron chi connectivity index (χ4n) is 1.25. The minimum absolute atomic E-state index is 0.0347. The lowest BCUT2D eigenvalue weighted by Crippen LogP contribution is -1.89. The molecule has 0 amide bonds. The van der Waals surface area contributed by atoms with E-state index in [-0.39, 0.29) is 5.75 Å². The van der Waals surface area contributed by atoms with Gasteiger partial charge in [-0.2, -0.15) is 0 Å². The van der Waals surface area contributed by atoms with Crippen molar-refractivity contribution < 1.29 is 14.6 Å². The summed E-state index contributed by atoms with van der Waals surface area (Å²) in [5.41, 5.74) is 6.52. The maximum atomic E-state index is 10.1. The molecule has 2 aromatic rings.